The molecule has 2 N–H and O–H groups in total. The van der Waals surface area contributed by atoms with E-state index in [-0.39, 0.29) is 17.9 Å². The first kappa shape index (κ1) is 21.9. The van der Waals surface area contributed by atoms with Crippen molar-refractivity contribution in [3.8, 4) is 0 Å². The minimum atomic E-state index is -0.597. The van der Waals surface area contributed by atoms with Crippen LogP contribution in [0.1, 0.15) is 65.6 Å². The molecule has 1 fully saturated rings. The van der Waals surface area contributed by atoms with E-state index in [2.05, 4.69) is 10.1 Å². The Morgan fingerprint density at radius 3 is 2.72 bits per heavy atom. The minimum absolute atomic E-state index is 0.0496. The van der Waals surface area contributed by atoms with Crippen molar-refractivity contribution in [3.63, 3.8) is 0 Å². The number of amides is 2. The number of fused-ring (bicyclic) bond motifs is 1. The maximum Gasteiger partial charge on any atom is 0.250 e. The average Bonchev–Trinajstić information content (AvgIpc) is 3.10. The number of aryl methyl sites for hydroxylation is 2. The molecule has 1 aromatic carbocycles. The average molecular weight is 438 g/mol. The number of hydrogen-bond acceptors (Lipinski definition) is 4. The van der Waals surface area contributed by atoms with Gasteiger partial charge in [-0.15, -0.1) is 0 Å². The molecule has 1 aliphatic rings. The standard InChI is InChI=1S/C24H28FN5O2/c1-14-9-15(2)30(28-14)16(3)10-22(31)29-8-4-5-17(13-29)23-20(24(26)32)12-18-11-19(25)6-7-21(18)27-23/h6-7,9,11-12,16-17H,4-5,8,10,13H2,1-3H3,(H2,26,32)/t16-,17-/m0/s1. The van der Waals surface area contributed by atoms with E-state index in [9.17, 15) is 14.0 Å². The molecule has 0 saturated carbocycles. The van der Waals surface area contributed by atoms with E-state index >= 15 is 0 Å². The van der Waals surface area contributed by atoms with Crippen LogP contribution in [0.5, 0.6) is 0 Å². The smallest absolute Gasteiger partial charge is 0.250 e. The van der Waals surface area contributed by atoms with Crippen LogP contribution in [0.3, 0.4) is 0 Å². The highest BCUT2D eigenvalue weighted by Gasteiger charge is 2.29. The van der Waals surface area contributed by atoms with Gasteiger partial charge in [0.15, 0.2) is 0 Å². The molecule has 2 atom stereocenters. The van der Waals surface area contributed by atoms with Crippen molar-refractivity contribution >= 4 is 22.7 Å². The third kappa shape index (κ3) is 4.35. The second-order valence-electron chi connectivity index (χ2n) is 8.73. The number of carbonyl (C=O) groups excluding carboxylic acids is 2. The first-order valence-electron chi connectivity index (χ1n) is 10.9. The fraction of sp³-hybridized carbons (Fsp3) is 0.417. The number of halogens is 1. The predicted molar refractivity (Wildman–Crippen MR) is 120 cm³/mol. The maximum absolute atomic E-state index is 13.6. The van der Waals surface area contributed by atoms with Gasteiger partial charge in [0.1, 0.15) is 5.82 Å². The molecule has 1 saturated heterocycles. The highest BCUT2D eigenvalue weighted by atomic mass is 19.1. The Labute approximate surface area is 186 Å². The van der Waals surface area contributed by atoms with E-state index in [0.29, 0.717) is 41.7 Å². The van der Waals surface area contributed by atoms with E-state index in [4.69, 9.17) is 5.73 Å². The van der Waals surface area contributed by atoms with Gasteiger partial charge in [-0.05, 0) is 63.9 Å². The number of primary amides is 1. The van der Waals surface area contributed by atoms with E-state index in [1.165, 1.54) is 12.1 Å². The van der Waals surface area contributed by atoms with Gasteiger partial charge < -0.3 is 10.6 Å². The van der Waals surface area contributed by atoms with Crippen LogP contribution < -0.4 is 5.73 Å². The molecular formula is C24H28FN5O2. The number of nitrogens with zero attached hydrogens (tertiary/aromatic N) is 4. The molecule has 168 valence electrons. The number of likely N-dealkylation sites (tertiary alicyclic amines) is 1. The number of rotatable bonds is 5. The Morgan fingerprint density at radius 1 is 1.25 bits per heavy atom. The Balaban J connectivity index is 1.56. The zero-order valence-corrected chi connectivity index (χ0v) is 18.6. The molecule has 4 rings (SSSR count). The number of pyridine rings is 1. The molecule has 0 aliphatic carbocycles. The molecule has 1 aliphatic heterocycles. The third-order valence-electron chi connectivity index (χ3n) is 6.16. The zero-order valence-electron chi connectivity index (χ0n) is 18.6. The Hall–Kier alpha value is -3.29. The first-order chi connectivity index (χ1) is 15.2. The summed E-state index contributed by atoms with van der Waals surface area (Å²) in [5.41, 5.74) is 9.07. The normalized spacial score (nSPS) is 17.5. The van der Waals surface area contributed by atoms with Crippen molar-refractivity contribution in [1.82, 2.24) is 19.7 Å². The van der Waals surface area contributed by atoms with E-state index in [1.54, 1.807) is 12.1 Å². The molecule has 0 bridgehead atoms. The summed E-state index contributed by atoms with van der Waals surface area (Å²) in [7, 11) is 0. The van der Waals surface area contributed by atoms with Crippen LogP contribution in [0.2, 0.25) is 0 Å². The fourth-order valence-corrected chi connectivity index (χ4v) is 4.66. The highest BCUT2D eigenvalue weighted by molar-refractivity contribution is 5.97. The monoisotopic (exact) mass is 437 g/mol. The number of aromatic nitrogens is 3. The van der Waals surface area contributed by atoms with Gasteiger partial charge in [-0.25, -0.2) is 4.39 Å². The van der Waals surface area contributed by atoms with E-state index < -0.39 is 11.7 Å². The number of benzene rings is 1. The number of nitrogens with two attached hydrogens (primary N) is 1. The maximum atomic E-state index is 13.6. The predicted octanol–water partition coefficient (Wildman–Crippen LogP) is 3.64. The van der Waals surface area contributed by atoms with Crippen LogP contribution in [0.4, 0.5) is 4.39 Å². The quantitative estimate of drug-likeness (QED) is 0.659. The lowest BCUT2D eigenvalue weighted by Crippen LogP contribution is -2.40. The second kappa shape index (κ2) is 8.68. The molecule has 0 spiro atoms. The van der Waals surface area contributed by atoms with Gasteiger partial charge in [-0.3, -0.25) is 19.3 Å². The Kier molecular flexibility index (Phi) is 5.95. The molecule has 2 aromatic heterocycles. The summed E-state index contributed by atoms with van der Waals surface area (Å²) in [6.45, 7) is 7.07. The minimum Gasteiger partial charge on any atom is -0.366 e. The van der Waals surface area contributed by atoms with E-state index in [0.717, 1.165) is 24.2 Å². The summed E-state index contributed by atoms with van der Waals surface area (Å²) >= 11 is 0. The molecule has 0 radical (unpaired) electrons. The summed E-state index contributed by atoms with van der Waals surface area (Å²) in [6, 6.07) is 7.85. The van der Waals surface area contributed by atoms with Crippen molar-refractivity contribution in [3.05, 3.63) is 58.8 Å². The van der Waals surface area contributed by atoms with Crippen LogP contribution >= 0.6 is 0 Å². The summed E-state index contributed by atoms with van der Waals surface area (Å²) in [5, 5.41) is 5.03. The van der Waals surface area contributed by atoms with Gasteiger partial charge in [-0.1, -0.05) is 0 Å². The molecule has 2 amide bonds. The van der Waals surface area contributed by atoms with Crippen molar-refractivity contribution in [2.45, 2.75) is 52.0 Å². The second-order valence-corrected chi connectivity index (χ2v) is 8.73. The number of hydrogen-bond donors (Lipinski definition) is 1. The van der Waals surface area contributed by atoms with Gasteiger partial charge in [-0.2, -0.15) is 5.10 Å². The fourth-order valence-electron chi connectivity index (χ4n) is 4.66. The van der Waals surface area contributed by atoms with Gasteiger partial charge in [0.25, 0.3) is 5.91 Å². The van der Waals surface area contributed by atoms with Crippen molar-refractivity contribution in [1.29, 1.82) is 0 Å². The lowest BCUT2D eigenvalue weighted by Gasteiger charge is -2.34. The van der Waals surface area contributed by atoms with Gasteiger partial charge in [0.2, 0.25) is 5.91 Å². The molecular weight excluding hydrogens is 409 g/mol. The van der Waals surface area contributed by atoms with Crippen LogP contribution in [-0.4, -0.2) is 44.6 Å². The SMILES string of the molecule is Cc1cc(C)n([C@@H](C)CC(=O)N2CCC[C@H](c3nc4ccc(F)cc4cc3C(N)=O)C2)n1. The van der Waals surface area contributed by atoms with Gasteiger partial charge in [0, 0.05) is 36.5 Å². The summed E-state index contributed by atoms with van der Waals surface area (Å²) in [5.74, 6) is -1.04. The lowest BCUT2D eigenvalue weighted by atomic mass is 9.90. The van der Waals surface area contributed by atoms with Crippen molar-refractivity contribution < 1.29 is 14.0 Å². The number of carbonyl (C=O) groups is 2. The van der Waals surface area contributed by atoms with Crippen LogP contribution in [0, 0.1) is 19.7 Å². The lowest BCUT2D eigenvalue weighted by molar-refractivity contribution is -0.133. The van der Waals surface area contributed by atoms with Crippen LogP contribution in [0.15, 0.2) is 30.3 Å². The van der Waals surface area contributed by atoms with Gasteiger partial charge in [0.05, 0.1) is 28.5 Å². The zero-order chi connectivity index (χ0) is 23.0. The molecule has 8 heteroatoms. The first-order valence-corrected chi connectivity index (χ1v) is 10.9. The number of piperidine rings is 1. The highest BCUT2D eigenvalue weighted by Crippen LogP contribution is 2.31. The van der Waals surface area contributed by atoms with Crippen molar-refractivity contribution in [2.24, 2.45) is 5.73 Å². The molecule has 3 aromatic rings. The Morgan fingerprint density at radius 2 is 2.03 bits per heavy atom. The third-order valence-corrected chi connectivity index (χ3v) is 6.16. The molecule has 7 nitrogen and oxygen atoms in total. The summed E-state index contributed by atoms with van der Waals surface area (Å²) in [6.07, 6.45) is 1.96. The molecule has 32 heavy (non-hydrogen) atoms. The van der Waals surface area contributed by atoms with Crippen molar-refractivity contribution in [2.75, 3.05) is 13.1 Å². The largest absolute Gasteiger partial charge is 0.366 e. The van der Waals surface area contributed by atoms with Crippen LogP contribution in [-0.2, 0) is 4.79 Å². The summed E-state index contributed by atoms with van der Waals surface area (Å²) in [4.78, 5) is 31.7. The van der Waals surface area contributed by atoms with Crippen LogP contribution in [0.25, 0.3) is 10.9 Å². The molecule has 0 unspecified atom stereocenters. The summed E-state index contributed by atoms with van der Waals surface area (Å²) < 4.78 is 15.5. The topological polar surface area (TPSA) is 94.1 Å². The Bertz CT molecular complexity index is 1190. The van der Waals surface area contributed by atoms with Gasteiger partial charge >= 0.3 is 0 Å². The van der Waals surface area contributed by atoms with E-state index in [1.807, 2.05) is 36.4 Å². The molecule has 3 heterocycles.